The molecule has 2 N–H and O–H groups in total. The Morgan fingerprint density at radius 3 is 0.964 bits per heavy atom. The van der Waals surface area contributed by atoms with E-state index in [4.69, 9.17) is 14.9 Å². The van der Waals surface area contributed by atoms with Crippen LogP contribution in [0.3, 0.4) is 0 Å². The van der Waals surface area contributed by atoms with E-state index in [9.17, 15) is 19.2 Å². The molecule has 0 heterocycles. The summed E-state index contributed by atoms with van der Waals surface area (Å²) in [6.07, 6.45) is 7.27. The van der Waals surface area contributed by atoms with Gasteiger partial charge in [-0.2, -0.15) is 0 Å². The molecule has 0 rings (SSSR count). The fourth-order valence-electron chi connectivity index (χ4n) is 0.772. The first-order chi connectivity index (χ1) is 13.0. The third-order valence-electron chi connectivity index (χ3n) is 2.29. The van der Waals surface area contributed by atoms with Crippen LogP contribution in [0.2, 0.25) is 0 Å². The SMILES string of the molecule is C=CN(C=O)CO.C=CN(C=O)CO.C=CN(C=O)COCN(C=C)C=O.[Y]. The zero-order valence-electron chi connectivity index (χ0n) is 15.6. The van der Waals surface area contributed by atoms with Crippen LogP contribution in [0.25, 0.3) is 0 Å². The topological polar surface area (TPSA) is 131 Å². The molecule has 0 atom stereocenters. The van der Waals surface area contributed by atoms with E-state index in [0.717, 1.165) is 9.80 Å². The van der Waals surface area contributed by atoms with E-state index in [1.807, 2.05) is 0 Å². The molecule has 0 saturated carbocycles. The van der Waals surface area contributed by atoms with Gasteiger partial charge in [0.25, 0.3) is 0 Å². The van der Waals surface area contributed by atoms with E-state index in [1.165, 1.54) is 34.6 Å². The molecule has 0 aliphatic heterocycles. The standard InChI is InChI=1S/C8H12N2O3.2C4H7NO2.Y/c1-3-9(5-11)7-13-8-10(4-2)6-12;2*1-2-5(3-6)4-7;/h3-6H,1-2,7-8H2;2*2-3,7H,1,4H2;. The molecule has 4 amide bonds. The molecular formula is C16H26N4O7Y. The van der Waals surface area contributed by atoms with Crippen molar-refractivity contribution in [1.82, 2.24) is 19.6 Å². The number of rotatable bonds is 14. The maximum Gasteiger partial charge on any atom is 0.215 e. The number of hydrogen-bond donors (Lipinski definition) is 2. The van der Waals surface area contributed by atoms with Crippen LogP contribution in [-0.4, -0.2) is 82.4 Å². The van der Waals surface area contributed by atoms with Gasteiger partial charge in [-0.1, -0.05) is 26.3 Å². The number of amides is 4. The van der Waals surface area contributed by atoms with Gasteiger partial charge < -0.3 is 14.9 Å². The third-order valence-corrected chi connectivity index (χ3v) is 2.29. The van der Waals surface area contributed by atoms with Gasteiger partial charge in [-0.15, -0.1) is 0 Å². The minimum absolute atomic E-state index is 0. The maximum atomic E-state index is 10.2. The molecule has 1 radical (unpaired) electrons. The summed E-state index contributed by atoms with van der Waals surface area (Å²) in [6.45, 7) is 12.8. The average Bonchev–Trinajstić information content (AvgIpc) is 2.72. The summed E-state index contributed by atoms with van der Waals surface area (Å²) in [6, 6.07) is 0. The third kappa shape index (κ3) is 21.9. The summed E-state index contributed by atoms with van der Waals surface area (Å²) in [5.41, 5.74) is 0. The monoisotopic (exact) mass is 475 g/mol. The van der Waals surface area contributed by atoms with Crippen LogP contribution in [0.15, 0.2) is 51.1 Å². The normalized spacial score (nSPS) is 7.79. The van der Waals surface area contributed by atoms with Crippen molar-refractivity contribution in [3.63, 3.8) is 0 Å². The van der Waals surface area contributed by atoms with Crippen molar-refractivity contribution in [2.45, 2.75) is 0 Å². The number of hydrogen-bond acceptors (Lipinski definition) is 7. The molecule has 0 fully saturated rings. The molecule has 12 heteroatoms. The Labute approximate surface area is 189 Å². The van der Waals surface area contributed by atoms with Crippen LogP contribution in [0.5, 0.6) is 0 Å². The summed E-state index contributed by atoms with van der Waals surface area (Å²) in [5.74, 6) is 0. The van der Waals surface area contributed by atoms with Gasteiger partial charge in [0.1, 0.15) is 26.9 Å². The predicted molar refractivity (Wildman–Crippen MR) is 97.4 cm³/mol. The molecule has 0 aliphatic carbocycles. The Balaban J connectivity index is -0.000000165. The van der Waals surface area contributed by atoms with Gasteiger partial charge in [0.15, 0.2) is 0 Å². The van der Waals surface area contributed by atoms with Crippen molar-refractivity contribution in [3.8, 4) is 0 Å². The molecule has 0 aromatic carbocycles. The quantitative estimate of drug-likeness (QED) is 0.248. The zero-order valence-corrected chi connectivity index (χ0v) is 18.4. The van der Waals surface area contributed by atoms with Crippen molar-refractivity contribution < 1.29 is 66.8 Å². The number of ether oxygens (including phenoxy) is 1. The Kier molecular flexibility index (Phi) is 32.3. The number of carbonyl (C=O) groups excluding carboxylic acids is 4. The van der Waals surface area contributed by atoms with Crippen LogP contribution in [0.1, 0.15) is 0 Å². The molecule has 155 valence electrons. The minimum Gasteiger partial charge on any atom is -0.376 e. The van der Waals surface area contributed by atoms with Crippen molar-refractivity contribution >= 4 is 25.6 Å². The van der Waals surface area contributed by atoms with Crippen LogP contribution in [0, 0.1) is 0 Å². The van der Waals surface area contributed by atoms with E-state index >= 15 is 0 Å². The summed E-state index contributed by atoms with van der Waals surface area (Å²) >= 11 is 0. The van der Waals surface area contributed by atoms with Gasteiger partial charge in [-0.25, -0.2) is 0 Å². The van der Waals surface area contributed by atoms with Gasteiger partial charge in [0.05, 0.1) is 0 Å². The number of nitrogens with zero attached hydrogens (tertiary/aromatic N) is 4. The van der Waals surface area contributed by atoms with E-state index < -0.39 is 0 Å². The molecular weight excluding hydrogens is 449 g/mol. The summed E-state index contributed by atoms with van der Waals surface area (Å²) < 4.78 is 4.97. The zero-order chi connectivity index (χ0) is 21.5. The van der Waals surface area contributed by atoms with Crippen molar-refractivity contribution in [2.75, 3.05) is 26.9 Å². The van der Waals surface area contributed by atoms with Crippen molar-refractivity contribution in [2.24, 2.45) is 0 Å². The molecule has 11 nitrogen and oxygen atoms in total. The summed E-state index contributed by atoms with van der Waals surface area (Å²) in [7, 11) is 0. The van der Waals surface area contributed by atoms with Gasteiger partial charge >= 0.3 is 0 Å². The second-order valence-electron chi connectivity index (χ2n) is 3.95. The van der Waals surface area contributed by atoms with Crippen LogP contribution < -0.4 is 0 Å². The first-order valence-electron chi connectivity index (χ1n) is 7.12. The van der Waals surface area contributed by atoms with Gasteiger partial charge in [0.2, 0.25) is 25.6 Å². The van der Waals surface area contributed by atoms with Gasteiger partial charge in [-0.3, -0.25) is 38.8 Å². The minimum atomic E-state index is -0.299. The Morgan fingerprint density at radius 1 is 0.607 bits per heavy atom. The largest absolute Gasteiger partial charge is 0.376 e. The molecule has 28 heavy (non-hydrogen) atoms. The smallest absolute Gasteiger partial charge is 0.215 e. The number of aliphatic hydroxyl groups excluding tert-OH is 2. The molecule has 0 unspecified atom stereocenters. The Hall–Kier alpha value is -2.18. The van der Waals surface area contributed by atoms with Crippen molar-refractivity contribution in [1.29, 1.82) is 0 Å². The molecule has 0 bridgehead atoms. The second-order valence-corrected chi connectivity index (χ2v) is 3.95. The van der Waals surface area contributed by atoms with Crippen LogP contribution in [0.4, 0.5) is 0 Å². The Morgan fingerprint density at radius 2 is 0.857 bits per heavy atom. The fraction of sp³-hybridized carbons (Fsp3) is 0.250. The van der Waals surface area contributed by atoms with Crippen LogP contribution >= 0.6 is 0 Å². The second kappa shape index (κ2) is 27.0. The van der Waals surface area contributed by atoms with Gasteiger partial charge in [0, 0.05) is 57.5 Å². The summed E-state index contributed by atoms with van der Waals surface area (Å²) in [4.78, 5) is 44.2. The molecule has 0 aromatic heterocycles. The molecule has 0 saturated heterocycles. The first-order valence-corrected chi connectivity index (χ1v) is 7.12. The fourth-order valence-corrected chi connectivity index (χ4v) is 0.772. The van der Waals surface area contributed by atoms with E-state index in [0.29, 0.717) is 25.6 Å². The Bertz CT molecular complexity index is 394. The summed E-state index contributed by atoms with van der Waals surface area (Å²) in [5, 5.41) is 16.3. The first kappa shape index (κ1) is 33.4. The van der Waals surface area contributed by atoms with Crippen LogP contribution in [-0.2, 0) is 56.6 Å². The molecule has 0 spiro atoms. The molecule has 0 aromatic rings. The van der Waals surface area contributed by atoms with E-state index in [2.05, 4.69) is 26.3 Å². The average molecular weight is 475 g/mol. The number of carbonyl (C=O) groups is 4. The molecule has 0 aliphatic rings. The van der Waals surface area contributed by atoms with Gasteiger partial charge in [-0.05, 0) is 0 Å². The van der Waals surface area contributed by atoms with E-state index in [-0.39, 0.29) is 59.6 Å². The number of aliphatic hydroxyl groups is 2. The van der Waals surface area contributed by atoms with E-state index in [1.54, 1.807) is 0 Å². The predicted octanol–water partition coefficient (Wildman–Crippen LogP) is -0.804. The van der Waals surface area contributed by atoms with Crippen molar-refractivity contribution in [3.05, 3.63) is 51.1 Å². The maximum absolute atomic E-state index is 10.2.